The van der Waals surface area contributed by atoms with Gasteiger partial charge in [0.15, 0.2) is 6.10 Å². The first kappa shape index (κ1) is 17.7. The number of nitrogens with zero attached hydrogens (tertiary/aromatic N) is 2. The fraction of sp³-hybridized carbons (Fsp3) is 0.278. The van der Waals surface area contributed by atoms with Gasteiger partial charge in [-0.1, -0.05) is 19.1 Å². The van der Waals surface area contributed by atoms with Gasteiger partial charge < -0.3 is 9.84 Å². The number of allylic oxidation sites excluding steroid dienone is 1. The van der Waals surface area contributed by atoms with Gasteiger partial charge in [-0.25, -0.2) is 9.78 Å². The van der Waals surface area contributed by atoms with Crippen LogP contribution in [-0.4, -0.2) is 22.2 Å². The first-order chi connectivity index (χ1) is 11.4. The molecule has 0 aliphatic heterocycles. The first-order valence-corrected chi connectivity index (χ1v) is 8.34. The summed E-state index contributed by atoms with van der Waals surface area (Å²) in [7, 11) is 0. The Morgan fingerprint density at radius 3 is 2.88 bits per heavy atom. The van der Waals surface area contributed by atoms with Crippen molar-refractivity contribution in [3.63, 3.8) is 0 Å². The molecule has 5 nitrogen and oxygen atoms in total. The zero-order valence-corrected chi connectivity index (χ0v) is 14.6. The number of ether oxygens (including phenoxy) is 1. The number of hydrogen-bond acceptors (Lipinski definition) is 5. The monoisotopic (exact) mass is 342 g/mol. The minimum Gasteiger partial charge on any atom is -0.479 e. The van der Waals surface area contributed by atoms with Gasteiger partial charge in [0.05, 0.1) is 11.3 Å². The lowest BCUT2D eigenvalue weighted by Gasteiger charge is -2.10. The maximum Gasteiger partial charge on any atom is 0.344 e. The van der Waals surface area contributed by atoms with Crippen LogP contribution in [0, 0.1) is 18.3 Å². The Morgan fingerprint density at radius 2 is 2.29 bits per heavy atom. The molecular formula is C18H18N2O3S. The van der Waals surface area contributed by atoms with E-state index in [1.807, 2.05) is 19.9 Å². The molecule has 1 atom stereocenters. The van der Waals surface area contributed by atoms with Gasteiger partial charge >= 0.3 is 5.97 Å². The summed E-state index contributed by atoms with van der Waals surface area (Å²) in [5, 5.41) is 19.0. The van der Waals surface area contributed by atoms with Crippen LogP contribution in [0.1, 0.15) is 35.0 Å². The Labute approximate surface area is 144 Å². The van der Waals surface area contributed by atoms with E-state index >= 15 is 0 Å². The Hall–Kier alpha value is -2.65. The van der Waals surface area contributed by atoms with Crippen LogP contribution in [0.4, 0.5) is 0 Å². The molecule has 0 unspecified atom stereocenters. The number of rotatable bonds is 6. The lowest BCUT2D eigenvalue weighted by molar-refractivity contribution is -0.144. The van der Waals surface area contributed by atoms with Crippen LogP contribution in [0.2, 0.25) is 0 Å². The Bertz CT molecular complexity index is 818. The number of carboxylic acid groups (broad SMARTS) is 1. The van der Waals surface area contributed by atoms with Crippen molar-refractivity contribution in [1.82, 2.24) is 4.98 Å². The fourth-order valence-electron chi connectivity index (χ4n) is 2.11. The number of aryl methyl sites for hydroxylation is 2. The van der Waals surface area contributed by atoms with E-state index in [1.165, 1.54) is 18.3 Å². The van der Waals surface area contributed by atoms with E-state index in [4.69, 9.17) is 9.84 Å². The smallest absolute Gasteiger partial charge is 0.344 e. The first-order valence-electron chi connectivity index (χ1n) is 7.52. The van der Waals surface area contributed by atoms with Crippen molar-refractivity contribution in [1.29, 1.82) is 5.26 Å². The lowest BCUT2D eigenvalue weighted by Crippen LogP contribution is -2.22. The largest absolute Gasteiger partial charge is 0.479 e. The summed E-state index contributed by atoms with van der Waals surface area (Å²) in [6.07, 6.45) is 1.63. The standard InChI is InChI=1S/C18H18N2O3S/c1-4-16-12(3)24-17(20-16)14(10-19)8-13-6-5-7-15(9-13)23-11(2)18(21)22/h5-9,11H,4H2,1-3H3,(H,21,22)/b14-8-/t11-/m1/s1. The number of carbonyl (C=O) groups is 1. The summed E-state index contributed by atoms with van der Waals surface area (Å²) >= 11 is 1.50. The molecule has 2 rings (SSSR count). The number of benzene rings is 1. The van der Waals surface area contributed by atoms with Crippen molar-refractivity contribution in [3.05, 3.63) is 45.4 Å². The number of thiazole rings is 1. The molecular weight excluding hydrogens is 324 g/mol. The Kier molecular flexibility index (Phi) is 5.72. The SMILES string of the molecule is CCc1nc(/C(C#N)=C\c2cccc(O[C@H](C)C(=O)O)c2)sc1C. The fourth-order valence-corrected chi connectivity index (χ4v) is 3.08. The molecule has 1 heterocycles. The molecule has 0 amide bonds. The number of carboxylic acids is 1. The van der Waals surface area contributed by atoms with E-state index in [0.29, 0.717) is 16.3 Å². The van der Waals surface area contributed by atoms with E-state index in [2.05, 4.69) is 11.1 Å². The maximum atomic E-state index is 10.9. The molecule has 0 aliphatic carbocycles. The van der Waals surface area contributed by atoms with Crippen molar-refractivity contribution in [2.24, 2.45) is 0 Å². The third kappa shape index (κ3) is 4.21. The molecule has 0 fully saturated rings. The quantitative estimate of drug-likeness (QED) is 0.804. The molecule has 0 spiro atoms. The highest BCUT2D eigenvalue weighted by Gasteiger charge is 2.13. The topological polar surface area (TPSA) is 83.2 Å². The van der Waals surface area contributed by atoms with Gasteiger partial charge in [0.25, 0.3) is 0 Å². The average Bonchev–Trinajstić information content (AvgIpc) is 2.93. The number of aromatic nitrogens is 1. The van der Waals surface area contributed by atoms with Crippen molar-refractivity contribution in [2.45, 2.75) is 33.3 Å². The minimum atomic E-state index is -1.03. The van der Waals surface area contributed by atoms with Crippen LogP contribution in [-0.2, 0) is 11.2 Å². The van der Waals surface area contributed by atoms with E-state index < -0.39 is 12.1 Å². The zero-order chi connectivity index (χ0) is 17.7. The van der Waals surface area contributed by atoms with Gasteiger partial charge in [-0.3, -0.25) is 0 Å². The second-order valence-electron chi connectivity index (χ2n) is 5.22. The average molecular weight is 342 g/mol. The second kappa shape index (κ2) is 7.75. The predicted molar refractivity (Wildman–Crippen MR) is 93.9 cm³/mol. The molecule has 2 aromatic rings. The molecule has 0 saturated carbocycles. The number of aliphatic carboxylic acids is 1. The number of hydrogen-bond donors (Lipinski definition) is 1. The van der Waals surface area contributed by atoms with Crippen molar-refractivity contribution < 1.29 is 14.6 Å². The Morgan fingerprint density at radius 1 is 1.54 bits per heavy atom. The van der Waals surface area contributed by atoms with E-state index in [1.54, 1.807) is 24.3 Å². The molecule has 0 bridgehead atoms. The van der Waals surface area contributed by atoms with Gasteiger partial charge in [-0.15, -0.1) is 11.3 Å². The molecule has 0 saturated heterocycles. The van der Waals surface area contributed by atoms with Gasteiger partial charge in [0.1, 0.15) is 16.8 Å². The number of nitriles is 1. The van der Waals surface area contributed by atoms with Crippen LogP contribution in [0.3, 0.4) is 0 Å². The highest BCUT2D eigenvalue weighted by Crippen LogP contribution is 2.26. The van der Waals surface area contributed by atoms with E-state index in [-0.39, 0.29) is 0 Å². The van der Waals surface area contributed by atoms with Crippen molar-refractivity contribution in [3.8, 4) is 11.8 Å². The van der Waals surface area contributed by atoms with Gasteiger partial charge in [0.2, 0.25) is 0 Å². The summed E-state index contributed by atoms with van der Waals surface area (Å²) in [6, 6.07) is 9.17. The minimum absolute atomic E-state index is 0.445. The molecule has 24 heavy (non-hydrogen) atoms. The lowest BCUT2D eigenvalue weighted by atomic mass is 10.1. The molecule has 0 radical (unpaired) electrons. The van der Waals surface area contributed by atoms with Crippen molar-refractivity contribution >= 4 is 29.0 Å². The highest BCUT2D eigenvalue weighted by molar-refractivity contribution is 7.12. The molecule has 6 heteroatoms. The second-order valence-corrected chi connectivity index (χ2v) is 6.42. The van der Waals surface area contributed by atoms with E-state index in [9.17, 15) is 10.1 Å². The van der Waals surface area contributed by atoms with Crippen LogP contribution in [0.5, 0.6) is 5.75 Å². The maximum absolute atomic E-state index is 10.9. The van der Waals surface area contributed by atoms with Crippen LogP contribution < -0.4 is 4.74 Å². The third-order valence-corrected chi connectivity index (χ3v) is 4.45. The molecule has 124 valence electrons. The molecule has 1 aromatic heterocycles. The molecule has 0 aliphatic rings. The van der Waals surface area contributed by atoms with Crippen molar-refractivity contribution in [2.75, 3.05) is 0 Å². The third-order valence-electron chi connectivity index (χ3n) is 3.41. The van der Waals surface area contributed by atoms with Crippen LogP contribution >= 0.6 is 11.3 Å². The predicted octanol–water partition coefficient (Wildman–Crippen LogP) is 3.93. The Balaban J connectivity index is 2.31. The summed E-state index contributed by atoms with van der Waals surface area (Å²) in [5.41, 5.74) is 2.24. The van der Waals surface area contributed by atoms with Gasteiger partial charge in [-0.2, -0.15) is 5.26 Å². The summed E-state index contributed by atoms with van der Waals surface area (Å²) < 4.78 is 5.35. The zero-order valence-electron chi connectivity index (χ0n) is 13.7. The van der Waals surface area contributed by atoms with Crippen LogP contribution in [0.15, 0.2) is 24.3 Å². The summed E-state index contributed by atoms with van der Waals surface area (Å²) in [4.78, 5) is 16.5. The normalized spacial score (nSPS) is 12.5. The van der Waals surface area contributed by atoms with Crippen LogP contribution in [0.25, 0.3) is 11.6 Å². The molecule has 1 N–H and O–H groups in total. The molecule has 1 aromatic carbocycles. The highest BCUT2D eigenvalue weighted by atomic mass is 32.1. The van der Waals surface area contributed by atoms with E-state index in [0.717, 1.165) is 22.6 Å². The van der Waals surface area contributed by atoms with Gasteiger partial charge in [-0.05, 0) is 44.0 Å². The summed E-state index contributed by atoms with van der Waals surface area (Å²) in [6.45, 7) is 5.50. The van der Waals surface area contributed by atoms with Gasteiger partial charge in [0, 0.05) is 4.88 Å². The summed E-state index contributed by atoms with van der Waals surface area (Å²) in [5.74, 6) is -0.584.